The number of halogens is 1. The largest absolute Gasteiger partial charge is 0.489 e. The van der Waals surface area contributed by atoms with Gasteiger partial charge in [-0.15, -0.1) is 0 Å². The second-order valence-electron chi connectivity index (χ2n) is 7.80. The number of aldehydes is 1. The smallest absolute Gasteiger partial charge is 0.185 e. The van der Waals surface area contributed by atoms with Crippen LogP contribution in [-0.4, -0.2) is 16.3 Å². The van der Waals surface area contributed by atoms with Crippen LogP contribution in [0.1, 0.15) is 21.7 Å². The van der Waals surface area contributed by atoms with Crippen molar-refractivity contribution in [3.05, 3.63) is 102 Å². The fraction of sp³-hybridized carbons (Fsp3) is 0.0741. The number of nitrogens with zero attached hydrogens (tertiary/aromatic N) is 2. The highest BCUT2D eigenvalue weighted by Gasteiger charge is 2.10. The van der Waals surface area contributed by atoms with Crippen molar-refractivity contribution >= 4 is 28.7 Å². The highest BCUT2D eigenvalue weighted by Crippen LogP contribution is 2.31. The third-order valence-electron chi connectivity index (χ3n) is 5.38. The minimum Gasteiger partial charge on any atom is -0.489 e. The molecule has 0 aliphatic carbocycles. The predicted molar refractivity (Wildman–Crippen MR) is 128 cm³/mol. The van der Waals surface area contributed by atoms with Crippen LogP contribution in [-0.2, 0) is 6.61 Å². The Morgan fingerprint density at radius 3 is 2.74 bits per heavy atom. The molecule has 168 valence electrons. The molecule has 0 aliphatic rings. The number of aryl methyl sites for hydroxylation is 1. The Bertz CT molecular complexity index is 1500. The SMILES string of the molecule is Cc1cc(Nc2ncnc3ccc(-c4ccc(C=O)o4)cc23)ccc1OCc1cccc(F)c1. The third-order valence-corrected chi connectivity index (χ3v) is 5.38. The number of carbonyl (C=O) groups is 1. The van der Waals surface area contributed by atoms with Crippen molar-refractivity contribution in [3.8, 4) is 17.1 Å². The van der Waals surface area contributed by atoms with E-state index in [9.17, 15) is 9.18 Å². The van der Waals surface area contributed by atoms with Gasteiger partial charge in [0.25, 0.3) is 0 Å². The lowest BCUT2D eigenvalue weighted by molar-refractivity contribution is 0.110. The first kappa shape index (κ1) is 21.3. The first-order valence-electron chi connectivity index (χ1n) is 10.6. The number of rotatable bonds is 7. The summed E-state index contributed by atoms with van der Waals surface area (Å²) in [7, 11) is 0. The molecule has 0 fully saturated rings. The lowest BCUT2D eigenvalue weighted by Gasteiger charge is -2.13. The number of fused-ring (bicyclic) bond motifs is 1. The topological polar surface area (TPSA) is 77.3 Å². The Kier molecular flexibility index (Phi) is 5.74. The quantitative estimate of drug-likeness (QED) is 0.285. The van der Waals surface area contributed by atoms with E-state index in [-0.39, 0.29) is 18.2 Å². The van der Waals surface area contributed by atoms with Crippen molar-refractivity contribution < 1.29 is 18.3 Å². The number of furan rings is 1. The molecule has 0 unspecified atom stereocenters. The second kappa shape index (κ2) is 9.15. The van der Waals surface area contributed by atoms with Gasteiger partial charge in [0.1, 0.15) is 36.1 Å². The van der Waals surface area contributed by atoms with Crippen LogP contribution in [0.15, 0.2) is 83.5 Å². The van der Waals surface area contributed by atoms with Crippen molar-refractivity contribution in [1.29, 1.82) is 0 Å². The first-order valence-corrected chi connectivity index (χ1v) is 10.6. The van der Waals surface area contributed by atoms with Gasteiger partial charge < -0.3 is 14.5 Å². The maximum absolute atomic E-state index is 13.4. The Morgan fingerprint density at radius 2 is 1.94 bits per heavy atom. The summed E-state index contributed by atoms with van der Waals surface area (Å²) in [5, 5.41) is 4.16. The Labute approximate surface area is 195 Å². The molecule has 2 aromatic heterocycles. The van der Waals surface area contributed by atoms with E-state index in [0.29, 0.717) is 23.6 Å². The van der Waals surface area contributed by atoms with Gasteiger partial charge in [-0.3, -0.25) is 4.79 Å². The van der Waals surface area contributed by atoms with E-state index in [1.807, 2.05) is 49.4 Å². The molecule has 2 heterocycles. The number of benzene rings is 3. The number of nitrogens with one attached hydrogen (secondary N) is 1. The summed E-state index contributed by atoms with van der Waals surface area (Å²) >= 11 is 0. The van der Waals surface area contributed by atoms with E-state index in [0.717, 1.165) is 33.3 Å². The molecule has 0 bridgehead atoms. The highest BCUT2D eigenvalue weighted by molar-refractivity contribution is 5.93. The molecule has 5 aromatic rings. The van der Waals surface area contributed by atoms with Crippen molar-refractivity contribution in [2.24, 2.45) is 0 Å². The van der Waals surface area contributed by atoms with Gasteiger partial charge in [-0.1, -0.05) is 12.1 Å². The van der Waals surface area contributed by atoms with Crippen LogP contribution in [0.4, 0.5) is 15.9 Å². The monoisotopic (exact) mass is 453 g/mol. The van der Waals surface area contributed by atoms with E-state index in [1.165, 1.54) is 18.5 Å². The average Bonchev–Trinajstić information content (AvgIpc) is 3.33. The fourth-order valence-corrected chi connectivity index (χ4v) is 3.69. The number of aromatic nitrogens is 2. The highest BCUT2D eigenvalue weighted by atomic mass is 19.1. The number of ether oxygens (including phenoxy) is 1. The normalized spacial score (nSPS) is 10.9. The minimum atomic E-state index is -0.283. The number of hydrogen-bond donors (Lipinski definition) is 1. The van der Waals surface area contributed by atoms with Gasteiger partial charge in [-0.2, -0.15) is 0 Å². The van der Waals surface area contributed by atoms with Gasteiger partial charge in [-0.25, -0.2) is 14.4 Å². The van der Waals surface area contributed by atoms with Crippen LogP contribution in [0.3, 0.4) is 0 Å². The summed E-state index contributed by atoms with van der Waals surface area (Å²) in [4.78, 5) is 19.7. The van der Waals surface area contributed by atoms with Crippen molar-refractivity contribution in [1.82, 2.24) is 9.97 Å². The average molecular weight is 453 g/mol. The van der Waals surface area contributed by atoms with Gasteiger partial charge in [0, 0.05) is 16.6 Å². The van der Waals surface area contributed by atoms with Gasteiger partial charge in [0.2, 0.25) is 0 Å². The first-order chi connectivity index (χ1) is 16.6. The summed E-state index contributed by atoms with van der Waals surface area (Å²) in [6.07, 6.45) is 2.18. The van der Waals surface area contributed by atoms with E-state index in [2.05, 4.69) is 15.3 Å². The lowest BCUT2D eigenvalue weighted by atomic mass is 10.1. The zero-order valence-electron chi connectivity index (χ0n) is 18.3. The zero-order chi connectivity index (χ0) is 23.5. The van der Waals surface area contributed by atoms with Crippen LogP contribution in [0.25, 0.3) is 22.2 Å². The van der Waals surface area contributed by atoms with Gasteiger partial charge in [0.05, 0.1) is 5.52 Å². The summed E-state index contributed by atoms with van der Waals surface area (Å²) in [6.45, 7) is 2.23. The lowest BCUT2D eigenvalue weighted by Crippen LogP contribution is -1.99. The molecule has 1 N–H and O–H groups in total. The molecule has 0 radical (unpaired) electrons. The molecule has 3 aromatic carbocycles. The summed E-state index contributed by atoms with van der Waals surface area (Å²) in [5.41, 5.74) is 4.12. The van der Waals surface area contributed by atoms with Gasteiger partial charge in [0.15, 0.2) is 12.0 Å². The van der Waals surface area contributed by atoms with E-state index in [1.54, 1.807) is 18.2 Å². The predicted octanol–water partition coefficient (Wildman–Crippen LogP) is 6.47. The van der Waals surface area contributed by atoms with Crippen LogP contribution in [0.5, 0.6) is 5.75 Å². The van der Waals surface area contributed by atoms with Crippen LogP contribution in [0.2, 0.25) is 0 Å². The van der Waals surface area contributed by atoms with Crippen molar-refractivity contribution in [2.45, 2.75) is 13.5 Å². The van der Waals surface area contributed by atoms with E-state index < -0.39 is 0 Å². The van der Waals surface area contributed by atoms with Crippen LogP contribution < -0.4 is 10.1 Å². The van der Waals surface area contributed by atoms with E-state index in [4.69, 9.17) is 9.15 Å². The Morgan fingerprint density at radius 1 is 1.03 bits per heavy atom. The molecule has 5 rings (SSSR count). The van der Waals surface area contributed by atoms with Gasteiger partial charge in [-0.05, 0) is 78.7 Å². The molecule has 0 saturated heterocycles. The number of anilines is 2. The molecule has 0 amide bonds. The zero-order valence-corrected chi connectivity index (χ0v) is 18.3. The molecule has 0 saturated carbocycles. The summed E-state index contributed by atoms with van der Waals surface area (Å²) in [5.74, 6) is 1.94. The van der Waals surface area contributed by atoms with Crippen molar-refractivity contribution in [2.75, 3.05) is 5.32 Å². The molecule has 6 nitrogen and oxygen atoms in total. The molecule has 0 spiro atoms. The summed E-state index contributed by atoms with van der Waals surface area (Å²) in [6, 6.07) is 21.2. The second-order valence-corrected chi connectivity index (χ2v) is 7.80. The Balaban J connectivity index is 1.38. The fourth-order valence-electron chi connectivity index (χ4n) is 3.69. The van der Waals surface area contributed by atoms with Gasteiger partial charge >= 0.3 is 0 Å². The van der Waals surface area contributed by atoms with Crippen LogP contribution in [0, 0.1) is 12.7 Å². The molecular formula is C27H20FN3O3. The Hall–Kier alpha value is -4.52. The number of hydrogen-bond acceptors (Lipinski definition) is 6. The van der Waals surface area contributed by atoms with Crippen molar-refractivity contribution in [3.63, 3.8) is 0 Å². The third kappa shape index (κ3) is 4.49. The standard InChI is InChI=1S/C27H20FN3O3/c1-17-11-21(6-9-25(17)33-15-18-3-2-4-20(28)12-18)31-27-23-13-19(5-8-24(23)29-16-30-27)26-10-7-22(14-32)34-26/h2-14,16H,15H2,1H3,(H,29,30,31). The minimum absolute atomic E-state index is 0.271. The van der Waals surface area contributed by atoms with Crippen LogP contribution >= 0.6 is 0 Å². The maximum atomic E-state index is 13.4. The molecule has 34 heavy (non-hydrogen) atoms. The number of carbonyl (C=O) groups excluding carboxylic acids is 1. The molecule has 7 heteroatoms. The molecular weight excluding hydrogens is 433 g/mol. The molecule has 0 atom stereocenters. The molecule has 0 aliphatic heterocycles. The summed E-state index contributed by atoms with van der Waals surface area (Å²) < 4.78 is 24.8. The van der Waals surface area contributed by atoms with E-state index >= 15 is 0 Å². The maximum Gasteiger partial charge on any atom is 0.185 e.